The second kappa shape index (κ2) is 10.5. The second-order valence-electron chi connectivity index (χ2n) is 7.91. The van der Waals surface area contributed by atoms with Crippen LogP contribution in [0, 0.1) is 5.92 Å². The van der Waals surface area contributed by atoms with E-state index < -0.39 is 28.9 Å². The van der Waals surface area contributed by atoms with Gasteiger partial charge in [0, 0.05) is 20.0 Å². The third-order valence-electron chi connectivity index (χ3n) is 3.93. The summed E-state index contributed by atoms with van der Waals surface area (Å²) >= 11 is 0. The van der Waals surface area contributed by atoms with Crippen molar-refractivity contribution >= 4 is 17.7 Å². The Balaban J connectivity index is 5.34. The minimum absolute atomic E-state index is 0.0573. The number of allylic oxidation sites excluding steroid dienone is 1. The fourth-order valence-corrected chi connectivity index (χ4v) is 2.37. The van der Waals surface area contributed by atoms with Gasteiger partial charge in [0.15, 0.2) is 5.78 Å². The molecule has 6 heteroatoms. The standard InChI is InChI=1S/C20H34O6/c1-14(9-8-10-15(2)13-21)11-12-20(16(3)22,25-17(4)23)18(24)26-19(5,6)7/h11,15,21H,8-10,12-13H2,1-7H3/t15-,20?/m0/s1. The molecule has 0 radical (unpaired) electrons. The number of rotatable bonds is 10. The van der Waals surface area contributed by atoms with Gasteiger partial charge in [-0.1, -0.05) is 18.6 Å². The number of hydrogen-bond donors (Lipinski definition) is 1. The molecule has 0 aromatic heterocycles. The summed E-state index contributed by atoms with van der Waals surface area (Å²) in [7, 11) is 0. The van der Waals surface area contributed by atoms with Crippen molar-refractivity contribution in [2.24, 2.45) is 5.92 Å². The highest BCUT2D eigenvalue weighted by atomic mass is 16.6. The number of Topliss-reactive ketones (excluding diaryl/α,β-unsaturated/α-hetero) is 1. The highest BCUT2D eigenvalue weighted by Crippen LogP contribution is 2.26. The summed E-state index contributed by atoms with van der Waals surface area (Å²) in [5.74, 6) is -1.90. The molecule has 0 aliphatic heterocycles. The van der Waals surface area contributed by atoms with E-state index in [0.717, 1.165) is 31.8 Å². The highest BCUT2D eigenvalue weighted by Gasteiger charge is 2.49. The third-order valence-corrected chi connectivity index (χ3v) is 3.93. The maximum Gasteiger partial charge on any atom is 0.359 e. The van der Waals surface area contributed by atoms with Gasteiger partial charge in [-0.3, -0.25) is 9.59 Å². The predicted octanol–water partition coefficient (Wildman–Crippen LogP) is 3.35. The molecule has 0 bridgehead atoms. The van der Waals surface area contributed by atoms with Crippen LogP contribution in [0.15, 0.2) is 11.6 Å². The van der Waals surface area contributed by atoms with Crippen LogP contribution in [0.5, 0.6) is 0 Å². The Hall–Kier alpha value is -1.69. The Morgan fingerprint density at radius 1 is 1.08 bits per heavy atom. The first-order valence-electron chi connectivity index (χ1n) is 9.04. The summed E-state index contributed by atoms with van der Waals surface area (Å²) in [5.41, 5.74) is -1.79. The molecule has 1 N–H and O–H groups in total. The van der Waals surface area contributed by atoms with Crippen molar-refractivity contribution in [1.29, 1.82) is 0 Å². The Morgan fingerprint density at radius 2 is 1.65 bits per heavy atom. The van der Waals surface area contributed by atoms with Gasteiger partial charge in [-0.15, -0.1) is 0 Å². The zero-order valence-corrected chi connectivity index (χ0v) is 17.2. The number of aliphatic hydroxyl groups excluding tert-OH is 1. The van der Waals surface area contributed by atoms with Crippen LogP contribution in [0.3, 0.4) is 0 Å². The molecule has 0 aliphatic carbocycles. The van der Waals surface area contributed by atoms with Gasteiger partial charge in [-0.25, -0.2) is 4.79 Å². The maximum absolute atomic E-state index is 12.6. The van der Waals surface area contributed by atoms with Crippen LogP contribution in [-0.4, -0.2) is 40.6 Å². The lowest BCUT2D eigenvalue weighted by Crippen LogP contribution is -2.51. The molecule has 0 saturated heterocycles. The van der Waals surface area contributed by atoms with E-state index in [1.165, 1.54) is 6.92 Å². The van der Waals surface area contributed by atoms with Crippen LogP contribution in [0.1, 0.15) is 74.1 Å². The van der Waals surface area contributed by atoms with Crippen molar-refractivity contribution in [3.05, 3.63) is 11.6 Å². The van der Waals surface area contributed by atoms with Crippen molar-refractivity contribution in [1.82, 2.24) is 0 Å². The molecule has 0 rings (SSSR count). The van der Waals surface area contributed by atoms with E-state index in [2.05, 4.69) is 0 Å². The summed E-state index contributed by atoms with van der Waals surface area (Å²) in [5, 5.41) is 9.06. The van der Waals surface area contributed by atoms with Crippen molar-refractivity contribution < 1.29 is 29.0 Å². The summed E-state index contributed by atoms with van der Waals surface area (Å²) in [4.78, 5) is 36.4. The third kappa shape index (κ3) is 8.61. The van der Waals surface area contributed by atoms with Crippen molar-refractivity contribution in [3.63, 3.8) is 0 Å². The predicted molar refractivity (Wildman–Crippen MR) is 99.5 cm³/mol. The lowest BCUT2D eigenvalue weighted by Gasteiger charge is -2.31. The molecule has 6 nitrogen and oxygen atoms in total. The average molecular weight is 370 g/mol. The van der Waals surface area contributed by atoms with Gasteiger partial charge in [-0.05, 0) is 59.8 Å². The Morgan fingerprint density at radius 3 is 2.08 bits per heavy atom. The Labute approximate surface area is 156 Å². The van der Waals surface area contributed by atoms with Crippen LogP contribution >= 0.6 is 0 Å². The van der Waals surface area contributed by atoms with E-state index in [-0.39, 0.29) is 18.9 Å². The Bertz CT molecular complexity index is 529. The van der Waals surface area contributed by atoms with Gasteiger partial charge < -0.3 is 14.6 Å². The molecular formula is C20H34O6. The first-order valence-corrected chi connectivity index (χ1v) is 9.04. The van der Waals surface area contributed by atoms with Crippen molar-refractivity contribution in [2.45, 2.75) is 85.4 Å². The number of carbonyl (C=O) groups excluding carboxylic acids is 3. The molecule has 0 aromatic rings. The first kappa shape index (κ1) is 24.3. The normalized spacial score (nSPS) is 15.8. The van der Waals surface area contributed by atoms with Gasteiger partial charge in [0.1, 0.15) is 5.60 Å². The lowest BCUT2D eigenvalue weighted by atomic mass is 9.92. The maximum atomic E-state index is 12.6. The van der Waals surface area contributed by atoms with Gasteiger partial charge in [0.25, 0.3) is 5.60 Å². The molecule has 0 aliphatic rings. The van der Waals surface area contributed by atoms with Crippen LogP contribution in [0.4, 0.5) is 0 Å². The minimum Gasteiger partial charge on any atom is -0.457 e. The smallest absolute Gasteiger partial charge is 0.359 e. The molecule has 150 valence electrons. The molecule has 0 spiro atoms. The lowest BCUT2D eigenvalue weighted by molar-refractivity contribution is -0.191. The van der Waals surface area contributed by atoms with Gasteiger partial charge >= 0.3 is 11.9 Å². The van der Waals surface area contributed by atoms with E-state index in [1.807, 2.05) is 13.8 Å². The fourth-order valence-electron chi connectivity index (χ4n) is 2.37. The van der Waals surface area contributed by atoms with E-state index >= 15 is 0 Å². The summed E-state index contributed by atoms with van der Waals surface area (Å²) in [6.07, 6.45) is 4.23. The zero-order chi connectivity index (χ0) is 20.5. The average Bonchev–Trinajstić information content (AvgIpc) is 2.48. The number of ketones is 1. The number of carbonyl (C=O) groups is 3. The van der Waals surface area contributed by atoms with E-state index in [0.29, 0.717) is 0 Å². The molecule has 2 atom stereocenters. The number of esters is 2. The molecule has 1 unspecified atom stereocenters. The van der Waals surface area contributed by atoms with E-state index in [1.54, 1.807) is 26.8 Å². The summed E-state index contributed by atoms with van der Waals surface area (Å²) in [6.45, 7) is 11.5. The largest absolute Gasteiger partial charge is 0.457 e. The fraction of sp³-hybridized carbons (Fsp3) is 0.750. The van der Waals surface area contributed by atoms with Crippen LogP contribution < -0.4 is 0 Å². The molecule has 0 aromatic carbocycles. The van der Waals surface area contributed by atoms with Crippen molar-refractivity contribution in [3.8, 4) is 0 Å². The molecule has 0 amide bonds. The molecule has 26 heavy (non-hydrogen) atoms. The Kier molecular flexibility index (Phi) is 9.78. The topological polar surface area (TPSA) is 89.9 Å². The SMILES string of the molecule is CC(=O)OC(CC=C(C)CCC[C@H](C)CO)(C(C)=O)C(=O)OC(C)(C)C. The molecular weight excluding hydrogens is 336 g/mol. The highest BCUT2D eigenvalue weighted by molar-refractivity contribution is 6.07. The summed E-state index contributed by atoms with van der Waals surface area (Å²) in [6, 6.07) is 0. The van der Waals surface area contributed by atoms with Crippen LogP contribution in [0.25, 0.3) is 0 Å². The van der Waals surface area contributed by atoms with Gasteiger partial charge in [-0.2, -0.15) is 0 Å². The van der Waals surface area contributed by atoms with E-state index in [9.17, 15) is 14.4 Å². The van der Waals surface area contributed by atoms with Crippen LogP contribution in [-0.2, 0) is 23.9 Å². The minimum atomic E-state index is -1.96. The summed E-state index contributed by atoms with van der Waals surface area (Å²) < 4.78 is 10.5. The number of aliphatic hydroxyl groups is 1. The van der Waals surface area contributed by atoms with Gasteiger partial charge in [0.05, 0.1) is 0 Å². The second-order valence-corrected chi connectivity index (χ2v) is 7.91. The first-order chi connectivity index (χ1) is 11.8. The van der Waals surface area contributed by atoms with Gasteiger partial charge in [0.2, 0.25) is 0 Å². The molecule has 0 saturated carbocycles. The van der Waals surface area contributed by atoms with Crippen LogP contribution in [0.2, 0.25) is 0 Å². The van der Waals surface area contributed by atoms with E-state index in [4.69, 9.17) is 14.6 Å². The number of hydrogen-bond acceptors (Lipinski definition) is 6. The monoisotopic (exact) mass is 370 g/mol. The molecule has 0 heterocycles. The quantitative estimate of drug-likeness (QED) is 0.360. The number of ether oxygens (including phenoxy) is 2. The van der Waals surface area contributed by atoms with Crippen molar-refractivity contribution in [2.75, 3.05) is 6.61 Å². The zero-order valence-electron chi connectivity index (χ0n) is 17.2. The molecule has 0 fully saturated rings.